The second-order valence-corrected chi connectivity index (χ2v) is 6.18. The van der Waals surface area contributed by atoms with Crippen molar-refractivity contribution < 1.29 is 27.4 Å². The lowest BCUT2D eigenvalue weighted by Gasteiger charge is -2.20. The highest BCUT2D eigenvalue weighted by molar-refractivity contribution is 5.89. The minimum Gasteiger partial charge on any atom is -0.465 e. The van der Waals surface area contributed by atoms with Gasteiger partial charge in [-0.15, -0.1) is 0 Å². The number of alkyl halides is 3. The van der Waals surface area contributed by atoms with Crippen molar-refractivity contribution in [2.75, 3.05) is 7.11 Å². The van der Waals surface area contributed by atoms with E-state index in [4.69, 9.17) is 4.74 Å². The predicted molar refractivity (Wildman–Crippen MR) is 86.0 cm³/mol. The fourth-order valence-corrected chi connectivity index (χ4v) is 2.84. The first-order valence-corrected chi connectivity index (χ1v) is 7.81. The topological polar surface area (TPSA) is 35.5 Å². The van der Waals surface area contributed by atoms with Crippen molar-refractivity contribution in [3.8, 4) is 11.5 Å². The van der Waals surface area contributed by atoms with Crippen molar-refractivity contribution in [1.82, 2.24) is 0 Å². The minimum atomic E-state index is -4.23. The first kappa shape index (κ1) is 17.3. The molecule has 1 saturated carbocycles. The molecule has 0 saturated heterocycles. The average molecular weight is 350 g/mol. The molecule has 25 heavy (non-hydrogen) atoms. The first-order valence-electron chi connectivity index (χ1n) is 7.81. The molecule has 0 atom stereocenters. The van der Waals surface area contributed by atoms with Crippen molar-refractivity contribution in [1.29, 1.82) is 0 Å². The summed E-state index contributed by atoms with van der Waals surface area (Å²) in [4.78, 5) is 11.5. The van der Waals surface area contributed by atoms with E-state index in [2.05, 4.69) is 4.74 Å². The first-order chi connectivity index (χ1) is 11.8. The molecule has 0 spiro atoms. The molecule has 3 rings (SSSR count). The van der Waals surface area contributed by atoms with Crippen LogP contribution in [-0.2, 0) is 10.2 Å². The quantitative estimate of drug-likeness (QED) is 0.714. The Morgan fingerprint density at radius 3 is 2.20 bits per heavy atom. The van der Waals surface area contributed by atoms with E-state index >= 15 is 0 Å². The Kier molecular flexibility index (Phi) is 4.22. The molecule has 0 bridgehead atoms. The smallest absolute Gasteiger partial charge is 0.398 e. The minimum absolute atomic E-state index is 0.130. The molecular formula is C19H17F3O3. The molecule has 0 unspecified atom stereocenters. The SMILES string of the molecule is COC(=O)c1ccc(Oc2ccc(C3(C(F)(F)F)CC3)cc2)c(C)c1. The summed E-state index contributed by atoms with van der Waals surface area (Å²) in [6.45, 7) is 1.78. The highest BCUT2D eigenvalue weighted by Gasteiger charge is 2.64. The van der Waals surface area contributed by atoms with Crippen molar-refractivity contribution in [3.63, 3.8) is 0 Å². The number of hydrogen-bond donors (Lipinski definition) is 0. The van der Waals surface area contributed by atoms with Crippen LogP contribution in [0.5, 0.6) is 11.5 Å². The molecule has 0 radical (unpaired) electrons. The summed E-state index contributed by atoms with van der Waals surface area (Å²) in [6.07, 6.45) is -3.97. The van der Waals surface area contributed by atoms with Crippen molar-refractivity contribution in [3.05, 3.63) is 59.2 Å². The molecule has 1 aliphatic carbocycles. The van der Waals surface area contributed by atoms with Crippen LogP contribution in [0, 0.1) is 6.92 Å². The Hall–Kier alpha value is -2.50. The highest BCUT2D eigenvalue weighted by Crippen LogP contribution is 2.58. The molecule has 0 heterocycles. The van der Waals surface area contributed by atoms with Gasteiger partial charge in [0, 0.05) is 0 Å². The Labute approximate surface area is 143 Å². The molecule has 1 fully saturated rings. The van der Waals surface area contributed by atoms with Crippen molar-refractivity contribution >= 4 is 5.97 Å². The molecule has 132 valence electrons. The van der Waals surface area contributed by atoms with Crippen LogP contribution in [0.1, 0.15) is 34.3 Å². The second-order valence-electron chi connectivity index (χ2n) is 6.18. The van der Waals surface area contributed by atoms with E-state index in [0.717, 1.165) is 5.56 Å². The van der Waals surface area contributed by atoms with Crippen LogP contribution in [0.4, 0.5) is 13.2 Å². The number of aryl methyl sites for hydroxylation is 1. The summed E-state index contributed by atoms with van der Waals surface area (Å²) in [5, 5.41) is 0. The zero-order valence-electron chi connectivity index (χ0n) is 13.8. The molecular weight excluding hydrogens is 333 g/mol. The van der Waals surface area contributed by atoms with Gasteiger partial charge in [0.25, 0.3) is 0 Å². The lowest BCUT2D eigenvalue weighted by Crippen LogP contribution is -2.28. The second kappa shape index (κ2) is 6.10. The number of esters is 1. The number of halogens is 3. The molecule has 6 heteroatoms. The number of carbonyl (C=O) groups is 1. The third kappa shape index (κ3) is 3.21. The summed E-state index contributed by atoms with van der Waals surface area (Å²) in [5.74, 6) is 0.522. The van der Waals surface area contributed by atoms with Crippen molar-refractivity contribution in [2.45, 2.75) is 31.4 Å². The third-order valence-corrected chi connectivity index (χ3v) is 4.52. The molecule has 0 aliphatic heterocycles. The van der Waals surface area contributed by atoms with E-state index in [0.29, 0.717) is 17.1 Å². The van der Waals surface area contributed by atoms with Crippen molar-refractivity contribution in [2.24, 2.45) is 0 Å². The van der Waals surface area contributed by atoms with Gasteiger partial charge >= 0.3 is 12.1 Å². The summed E-state index contributed by atoms with van der Waals surface area (Å²) in [6, 6.07) is 10.9. The number of benzene rings is 2. The van der Waals surface area contributed by atoms with E-state index in [9.17, 15) is 18.0 Å². The van der Waals surface area contributed by atoms with E-state index in [1.807, 2.05) is 0 Å². The van der Waals surface area contributed by atoms with Crippen LogP contribution in [0.25, 0.3) is 0 Å². The number of carbonyl (C=O) groups excluding carboxylic acids is 1. The molecule has 2 aromatic rings. The molecule has 2 aromatic carbocycles. The standard InChI is InChI=1S/C19H17F3O3/c1-12-11-13(17(23)24-2)3-8-16(12)25-15-6-4-14(5-7-15)18(9-10-18)19(20,21)22/h3-8,11H,9-10H2,1-2H3. The van der Waals surface area contributed by atoms with Gasteiger partial charge in [-0.2, -0.15) is 13.2 Å². The van der Waals surface area contributed by atoms with Gasteiger partial charge in [-0.25, -0.2) is 4.79 Å². The van der Waals surface area contributed by atoms with E-state index < -0.39 is 17.6 Å². The number of ether oxygens (including phenoxy) is 2. The van der Waals surface area contributed by atoms with Crippen LogP contribution < -0.4 is 4.74 Å². The molecule has 0 aromatic heterocycles. The molecule has 3 nitrogen and oxygen atoms in total. The summed E-state index contributed by atoms with van der Waals surface area (Å²) in [7, 11) is 1.30. The van der Waals surface area contributed by atoms with Crippen LogP contribution >= 0.6 is 0 Å². The van der Waals surface area contributed by atoms with Gasteiger partial charge in [0.1, 0.15) is 11.5 Å². The fraction of sp³-hybridized carbons (Fsp3) is 0.316. The predicted octanol–water partition coefficient (Wildman–Crippen LogP) is 5.17. The molecule has 0 N–H and O–H groups in total. The normalized spacial score (nSPS) is 15.6. The summed E-state index contributed by atoms with van der Waals surface area (Å²) < 4.78 is 49.8. The number of rotatable bonds is 4. The maximum Gasteiger partial charge on any atom is 0.398 e. The van der Waals surface area contributed by atoms with Gasteiger partial charge in [-0.05, 0) is 61.2 Å². The average Bonchev–Trinajstić information content (AvgIpc) is 3.38. The van der Waals surface area contributed by atoms with E-state index in [-0.39, 0.29) is 18.4 Å². The van der Waals surface area contributed by atoms with Gasteiger partial charge in [-0.1, -0.05) is 12.1 Å². The van der Waals surface area contributed by atoms with E-state index in [1.54, 1.807) is 25.1 Å². The van der Waals surface area contributed by atoms with Gasteiger partial charge in [0.2, 0.25) is 0 Å². The largest absolute Gasteiger partial charge is 0.465 e. The van der Waals surface area contributed by atoms with Crippen LogP contribution in [0.2, 0.25) is 0 Å². The lowest BCUT2D eigenvalue weighted by molar-refractivity contribution is -0.160. The Bertz CT molecular complexity index is 791. The monoisotopic (exact) mass is 350 g/mol. The van der Waals surface area contributed by atoms with Gasteiger partial charge in [0.15, 0.2) is 0 Å². The summed E-state index contributed by atoms with van der Waals surface area (Å²) >= 11 is 0. The number of methoxy groups -OCH3 is 1. The van der Waals surface area contributed by atoms with Gasteiger partial charge in [-0.3, -0.25) is 0 Å². The van der Waals surface area contributed by atoms with Gasteiger partial charge < -0.3 is 9.47 Å². The zero-order valence-corrected chi connectivity index (χ0v) is 13.8. The Balaban J connectivity index is 1.78. The summed E-state index contributed by atoms with van der Waals surface area (Å²) in [5.41, 5.74) is -0.293. The van der Waals surface area contributed by atoms with E-state index in [1.165, 1.54) is 31.4 Å². The Morgan fingerprint density at radius 1 is 1.08 bits per heavy atom. The van der Waals surface area contributed by atoms with Gasteiger partial charge in [0.05, 0.1) is 18.1 Å². The zero-order chi connectivity index (χ0) is 18.2. The van der Waals surface area contributed by atoms with Crippen LogP contribution in [-0.4, -0.2) is 19.3 Å². The number of hydrogen-bond acceptors (Lipinski definition) is 3. The molecule has 0 amide bonds. The van der Waals surface area contributed by atoms with Crippen LogP contribution in [0.3, 0.4) is 0 Å². The maximum atomic E-state index is 13.1. The maximum absolute atomic E-state index is 13.1. The fourth-order valence-electron chi connectivity index (χ4n) is 2.84. The highest BCUT2D eigenvalue weighted by atomic mass is 19.4. The lowest BCUT2D eigenvalue weighted by atomic mass is 9.95. The molecule has 1 aliphatic rings. The third-order valence-electron chi connectivity index (χ3n) is 4.52. The Morgan fingerprint density at radius 2 is 1.72 bits per heavy atom. The van der Waals surface area contributed by atoms with Crippen LogP contribution in [0.15, 0.2) is 42.5 Å².